The van der Waals surface area contributed by atoms with E-state index in [9.17, 15) is 9.90 Å². The summed E-state index contributed by atoms with van der Waals surface area (Å²) in [5.74, 6) is 0.0621. The monoisotopic (exact) mass is 401 g/mol. The molecule has 0 fully saturated rings. The molecule has 0 aromatic carbocycles. The molecule has 0 saturated carbocycles. The van der Waals surface area contributed by atoms with E-state index in [0.29, 0.717) is 13.0 Å². The Labute approximate surface area is 172 Å². The van der Waals surface area contributed by atoms with Crippen LogP contribution in [0.2, 0.25) is 0 Å². The van der Waals surface area contributed by atoms with Gasteiger partial charge in [0.1, 0.15) is 0 Å². The average Bonchev–Trinajstić information content (AvgIpc) is 3.08. The van der Waals surface area contributed by atoms with Crippen LogP contribution in [0.5, 0.6) is 0 Å². The zero-order chi connectivity index (χ0) is 20.3. The number of aromatic nitrogens is 1. The van der Waals surface area contributed by atoms with Crippen molar-refractivity contribution < 1.29 is 9.90 Å². The third kappa shape index (κ3) is 5.19. The second-order valence-corrected chi connectivity index (χ2v) is 9.28. The molecule has 0 spiro atoms. The van der Waals surface area contributed by atoms with Crippen molar-refractivity contribution in [2.24, 2.45) is 0 Å². The lowest BCUT2D eigenvalue weighted by atomic mass is 10.0. The lowest BCUT2D eigenvalue weighted by Gasteiger charge is -2.27. The normalized spacial score (nSPS) is 14.8. The van der Waals surface area contributed by atoms with Crippen LogP contribution in [0.1, 0.15) is 59.2 Å². The van der Waals surface area contributed by atoms with Gasteiger partial charge in [-0.2, -0.15) is 0 Å². The van der Waals surface area contributed by atoms with Gasteiger partial charge in [0.05, 0.1) is 16.9 Å². The predicted octanol–water partition coefficient (Wildman–Crippen LogP) is 3.50. The first-order chi connectivity index (χ1) is 13.3. The number of thiophene rings is 1. The minimum atomic E-state index is -0.757. The minimum absolute atomic E-state index is 0.0621. The fourth-order valence-corrected chi connectivity index (χ4v) is 4.55. The molecule has 1 aliphatic rings. The van der Waals surface area contributed by atoms with Crippen LogP contribution in [-0.2, 0) is 25.9 Å². The van der Waals surface area contributed by atoms with E-state index in [4.69, 9.17) is 0 Å². The first-order valence-corrected chi connectivity index (χ1v) is 10.9. The highest BCUT2D eigenvalue weighted by Gasteiger charge is 2.26. The highest BCUT2D eigenvalue weighted by Crippen LogP contribution is 2.30. The van der Waals surface area contributed by atoms with Crippen LogP contribution in [0, 0.1) is 0 Å². The Morgan fingerprint density at radius 1 is 1.39 bits per heavy atom. The van der Waals surface area contributed by atoms with Crippen LogP contribution in [0.4, 0.5) is 0 Å². The first kappa shape index (κ1) is 21.0. The average molecular weight is 402 g/mol. The van der Waals surface area contributed by atoms with Gasteiger partial charge < -0.3 is 10.0 Å². The van der Waals surface area contributed by atoms with Gasteiger partial charge in [-0.25, -0.2) is 0 Å². The summed E-state index contributed by atoms with van der Waals surface area (Å²) in [7, 11) is 1.82. The number of rotatable bonds is 7. The van der Waals surface area contributed by atoms with E-state index in [-0.39, 0.29) is 5.91 Å². The van der Waals surface area contributed by atoms with Crippen LogP contribution in [0.3, 0.4) is 0 Å². The highest BCUT2D eigenvalue weighted by molar-refractivity contribution is 7.10. The third-order valence-electron chi connectivity index (χ3n) is 5.34. The van der Waals surface area contributed by atoms with Crippen LogP contribution >= 0.6 is 11.3 Å². The second-order valence-electron chi connectivity index (χ2n) is 8.31. The molecule has 3 heterocycles. The van der Waals surface area contributed by atoms with Crippen LogP contribution in [-0.4, -0.2) is 51.5 Å². The van der Waals surface area contributed by atoms with E-state index < -0.39 is 5.60 Å². The molecule has 0 aliphatic carbocycles. The van der Waals surface area contributed by atoms with Crippen molar-refractivity contribution in [3.63, 3.8) is 0 Å². The van der Waals surface area contributed by atoms with E-state index in [1.807, 2.05) is 18.6 Å². The molecule has 0 radical (unpaired) electrons. The number of aryl methyl sites for hydroxylation is 1. The summed E-state index contributed by atoms with van der Waals surface area (Å²) in [6.45, 7) is 8.90. The van der Waals surface area contributed by atoms with E-state index in [1.54, 1.807) is 30.1 Å². The summed E-state index contributed by atoms with van der Waals surface area (Å²) in [6.07, 6.45) is 4.44. The quantitative estimate of drug-likeness (QED) is 0.772. The molecule has 0 atom stereocenters. The first-order valence-electron chi connectivity index (χ1n) is 10.00. The van der Waals surface area contributed by atoms with Gasteiger partial charge in [-0.1, -0.05) is 13.0 Å². The van der Waals surface area contributed by atoms with Crippen molar-refractivity contribution in [3.8, 4) is 0 Å². The summed E-state index contributed by atoms with van der Waals surface area (Å²) >= 11 is 1.68. The number of amides is 1. The van der Waals surface area contributed by atoms with Crippen molar-refractivity contribution in [2.45, 2.75) is 58.7 Å². The lowest BCUT2D eigenvalue weighted by Crippen LogP contribution is -2.34. The van der Waals surface area contributed by atoms with Gasteiger partial charge in [0.2, 0.25) is 0 Å². The number of hydrogen-bond acceptors (Lipinski definition) is 5. The van der Waals surface area contributed by atoms with Gasteiger partial charge in [0.25, 0.3) is 5.91 Å². The molecular formula is C22H31N3O2S. The molecular weight excluding hydrogens is 370 g/mol. The summed E-state index contributed by atoms with van der Waals surface area (Å²) < 4.78 is 0. The molecule has 2 aromatic heterocycles. The Balaban J connectivity index is 1.62. The van der Waals surface area contributed by atoms with Crippen LogP contribution in [0.15, 0.2) is 23.7 Å². The Morgan fingerprint density at radius 2 is 2.18 bits per heavy atom. The molecule has 6 heteroatoms. The molecule has 5 nitrogen and oxygen atoms in total. The molecule has 0 unspecified atom stereocenters. The molecule has 0 saturated heterocycles. The zero-order valence-electron chi connectivity index (χ0n) is 17.4. The Morgan fingerprint density at radius 3 is 2.82 bits per heavy atom. The molecule has 1 amide bonds. The number of fused-ring (bicyclic) bond motifs is 1. The number of pyridine rings is 1. The fraction of sp³-hybridized carbons (Fsp3) is 0.545. The summed E-state index contributed by atoms with van der Waals surface area (Å²) in [5.41, 5.74) is 3.64. The van der Waals surface area contributed by atoms with Crippen LogP contribution in [0.25, 0.3) is 0 Å². The van der Waals surface area contributed by atoms with Crippen molar-refractivity contribution in [2.75, 3.05) is 20.1 Å². The number of aliphatic hydroxyl groups is 1. The van der Waals surface area contributed by atoms with E-state index >= 15 is 0 Å². The maximum Gasteiger partial charge on any atom is 0.254 e. The highest BCUT2D eigenvalue weighted by atomic mass is 32.1. The summed E-state index contributed by atoms with van der Waals surface area (Å²) in [6, 6.07) is 4.28. The number of carbonyl (C=O) groups is 1. The van der Waals surface area contributed by atoms with Crippen LogP contribution < -0.4 is 0 Å². The summed E-state index contributed by atoms with van der Waals surface area (Å²) in [4.78, 5) is 22.8. The lowest BCUT2D eigenvalue weighted by molar-refractivity contribution is 0.0544. The van der Waals surface area contributed by atoms with Gasteiger partial charge in [-0.05, 0) is 50.3 Å². The third-order valence-corrected chi connectivity index (χ3v) is 6.36. The van der Waals surface area contributed by atoms with E-state index in [2.05, 4.69) is 28.9 Å². The van der Waals surface area contributed by atoms with Crippen molar-refractivity contribution >= 4 is 17.2 Å². The van der Waals surface area contributed by atoms with Crippen molar-refractivity contribution in [1.82, 2.24) is 14.8 Å². The van der Waals surface area contributed by atoms with E-state index in [1.165, 1.54) is 16.0 Å². The van der Waals surface area contributed by atoms with E-state index in [0.717, 1.165) is 43.7 Å². The Hall–Kier alpha value is -1.76. The topological polar surface area (TPSA) is 56.7 Å². The largest absolute Gasteiger partial charge is 0.390 e. The maximum absolute atomic E-state index is 12.9. The second kappa shape index (κ2) is 8.72. The predicted molar refractivity (Wildman–Crippen MR) is 114 cm³/mol. The molecule has 152 valence electrons. The maximum atomic E-state index is 12.9. The molecule has 1 aliphatic heterocycles. The SMILES string of the molecule is CCc1ccc(CN2CCc3c(C(=O)N(C)CCC(C)(C)O)csc3C2)nc1. The van der Waals surface area contributed by atoms with Gasteiger partial charge in [0.15, 0.2) is 0 Å². The molecule has 28 heavy (non-hydrogen) atoms. The molecule has 3 rings (SSSR count). The molecule has 2 aromatic rings. The summed E-state index contributed by atoms with van der Waals surface area (Å²) in [5, 5.41) is 11.9. The molecule has 0 bridgehead atoms. The standard InChI is InChI=1S/C22H31N3O2S/c1-5-16-6-7-17(23-12-16)13-25-10-8-18-19(15-28-20(18)14-25)21(26)24(4)11-9-22(2,3)27/h6-7,12,15,27H,5,8-11,13-14H2,1-4H3. The zero-order valence-corrected chi connectivity index (χ0v) is 18.2. The number of nitrogens with zero attached hydrogens (tertiary/aromatic N) is 3. The smallest absolute Gasteiger partial charge is 0.254 e. The van der Waals surface area contributed by atoms with Gasteiger partial charge >= 0.3 is 0 Å². The van der Waals surface area contributed by atoms with Gasteiger partial charge in [0, 0.05) is 49.7 Å². The van der Waals surface area contributed by atoms with Crippen molar-refractivity contribution in [3.05, 3.63) is 51.0 Å². The van der Waals surface area contributed by atoms with Gasteiger partial charge in [-0.15, -0.1) is 11.3 Å². The minimum Gasteiger partial charge on any atom is -0.390 e. The fourth-order valence-electron chi connectivity index (χ4n) is 3.43. The van der Waals surface area contributed by atoms with Gasteiger partial charge in [-0.3, -0.25) is 14.7 Å². The number of hydrogen-bond donors (Lipinski definition) is 1. The number of carbonyl (C=O) groups excluding carboxylic acids is 1. The van der Waals surface area contributed by atoms with Crippen molar-refractivity contribution in [1.29, 1.82) is 0 Å². The molecule has 1 N–H and O–H groups in total. The Bertz CT molecular complexity index is 808. The Kier molecular flexibility index (Phi) is 6.53.